The molecule has 188 valence electrons. The van der Waals surface area contributed by atoms with Crippen molar-refractivity contribution >= 4 is 12.1 Å². The van der Waals surface area contributed by atoms with Crippen molar-refractivity contribution in [1.82, 2.24) is 25.3 Å². The summed E-state index contributed by atoms with van der Waals surface area (Å²) in [6.45, 7) is 4.21. The molecule has 3 atom stereocenters. The maximum atomic E-state index is 12.4. The van der Waals surface area contributed by atoms with Crippen LogP contribution < -0.4 is 10.1 Å². The van der Waals surface area contributed by atoms with Gasteiger partial charge >= 0.3 is 12.1 Å². The number of aryl methyl sites for hydroxylation is 2. The summed E-state index contributed by atoms with van der Waals surface area (Å²) in [5, 5.41) is 20.8. The molecule has 4 aliphatic rings. The zero-order valence-electron chi connectivity index (χ0n) is 20.5. The number of ether oxygens (including phenoxy) is 2. The molecule has 0 unspecified atom stereocenters. The lowest BCUT2D eigenvalue weighted by molar-refractivity contribution is -0.143. The molecular formula is C25H33N5O5. The van der Waals surface area contributed by atoms with Crippen molar-refractivity contribution in [2.45, 2.75) is 77.0 Å². The SMILES string of the molecule is CCc1nc(-c2nnn(C)c2COC(=O)NC23CC(C2)[C@@H]3C)ccc1O[C@H]1CCC[C@H](C(=O)O)C1. The summed E-state index contributed by atoms with van der Waals surface area (Å²) in [6.07, 6.45) is 5.06. The predicted octanol–water partition coefficient (Wildman–Crippen LogP) is 3.49. The molecular weight excluding hydrogens is 450 g/mol. The second kappa shape index (κ2) is 9.13. The summed E-state index contributed by atoms with van der Waals surface area (Å²) in [4.78, 5) is 28.6. The van der Waals surface area contributed by atoms with Gasteiger partial charge < -0.3 is 19.9 Å². The van der Waals surface area contributed by atoms with Crippen molar-refractivity contribution in [3.63, 3.8) is 0 Å². The fourth-order valence-corrected chi connectivity index (χ4v) is 5.70. The van der Waals surface area contributed by atoms with Crippen molar-refractivity contribution in [2.75, 3.05) is 0 Å². The molecule has 2 aromatic rings. The van der Waals surface area contributed by atoms with Crippen molar-refractivity contribution in [3.8, 4) is 17.1 Å². The van der Waals surface area contributed by atoms with E-state index in [-0.39, 0.29) is 24.2 Å². The van der Waals surface area contributed by atoms with Crippen LogP contribution in [-0.4, -0.2) is 48.8 Å². The summed E-state index contributed by atoms with van der Waals surface area (Å²) in [6, 6.07) is 3.69. The van der Waals surface area contributed by atoms with Crippen molar-refractivity contribution in [1.29, 1.82) is 0 Å². The van der Waals surface area contributed by atoms with Crippen LogP contribution in [0.3, 0.4) is 0 Å². The number of nitrogens with one attached hydrogen (secondary N) is 1. The molecule has 0 saturated heterocycles. The quantitative estimate of drug-likeness (QED) is 0.584. The first-order valence-corrected chi connectivity index (χ1v) is 12.5. The van der Waals surface area contributed by atoms with Crippen LogP contribution in [0, 0.1) is 17.8 Å². The number of aliphatic carboxylic acids is 1. The minimum absolute atomic E-state index is 0.0403. The Morgan fingerprint density at radius 1 is 1.29 bits per heavy atom. The first kappa shape index (κ1) is 23.6. The number of rotatable bonds is 8. The summed E-state index contributed by atoms with van der Waals surface area (Å²) in [7, 11) is 1.76. The van der Waals surface area contributed by atoms with Gasteiger partial charge in [0.1, 0.15) is 23.7 Å². The molecule has 0 spiro atoms. The molecule has 2 N–H and O–H groups in total. The molecule has 0 radical (unpaired) electrons. The Morgan fingerprint density at radius 2 is 2.09 bits per heavy atom. The normalized spacial score (nSPS) is 29.0. The Morgan fingerprint density at radius 3 is 2.74 bits per heavy atom. The first-order valence-electron chi connectivity index (χ1n) is 12.5. The van der Waals surface area contributed by atoms with Gasteiger partial charge in [0.15, 0.2) is 0 Å². The molecule has 1 amide bonds. The van der Waals surface area contributed by atoms with Gasteiger partial charge in [0.05, 0.1) is 23.4 Å². The molecule has 6 rings (SSSR count). The third kappa shape index (κ3) is 4.34. The van der Waals surface area contributed by atoms with E-state index < -0.39 is 12.1 Å². The molecule has 35 heavy (non-hydrogen) atoms. The highest BCUT2D eigenvalue weighted by Gasteiger charge is 2.64. The lowest BCUT2D eigenvalue weighted by Crippen LogP contribution is -2.74. The molecule has 10 heteroatoms. The third-order valence-corrected chi connectivity index (χ3v) is 8.24. The lowest BCUT2D eigenvalue weighted by atomic mass is 9.43. The number of amides is 1. The average molecular weight is 484 g/mol. The topological polar surface area (TPSA) is 128 Å². The fourth-order valence-electron chi connectivity index (χ4n) is 5.70. The average Bonchev–Trinajstić information content (AvgIpc) is 3.20. The van der Waals surface area contributed by atoms with Crippen LogP contribution in [0.4, 0.5) is 4.79 Å². The van der Waals surface area contributed by atoms with Gasteiger partial charge in [0, 0.05) is 12.6 Å². The number of alkyl carbamates (subject to hydrolysis) is 1. The van der Waals surface area contributed by atoms with Crippen LogP contribution in [0.2, 0.25) is 0 Å². The van der Waals surface area contributed by atoms with Gasteiger partial charge in [-0.05, 0) is 68.9 Å². The van der Waals surface area contributed by atoms with Gasteiger partial charge in [0.25, 0.3) is 0 Å². The van der Waals surface area contributed by atoms with E-state index in [0.29, 0.717) is 48.0 Å². The summed E-state index contributed by atoms with van der Waals surface area (Å²) in [5.74, 6) is 0.812. The van der Waals surface area contributed by atoms with Crippen molar-refractivity contribution < 1.29 is 24.2 Å². The second-order valence-electron chi connectivity index (χ2n) is 10.3. The van der Waals surface area contributed by atoms with E-state index in [2.05, 4.69) is 22.6 Å². The zero-order chi connectivity index (χ0) is 24.7. The lowest BCUT2D eigenvalue weighted by Gasteiger charge is -2.67. The van der Waals surface area contributed by atoms with Gasteiger partial charge in [-0.1, -0.05) is 19.1 Å². The van der Waals surface area contributed by atoms with E-state index >= 15 is 0 Å². The molecule has 4 fully saturated rings. The van der Waals surface area contributed by atoms with Gasteiger partial charge in [-0.25, -0.2) is 14.5 Å². The second-order valence-corrected chi connectivity index (χ2v) is 10.3. The maximum Gasteiger partial charge on any atom is 0.407 e. The molecule has 0 aromatic carbocycles. The monoisotopic (exact) mass is 483 g/mol. The van der Waals surface area contributed by atoms with E-state index in [0.717, 1.165) is 37.3 Å². The maximum absolute atomic E-state index is 12.4. The number of aromatic nitrogens is 4. The highest BCUT2D eigenvalue weighted by atomic mass is 16.5. The molecule has 4 saturated carbocycles. The number of hydrogen-bond acceptors (Lipinski definition) is 7. The van der Waals surface area contributed by atoms with E-state index in [1.54, 1.807) is 11.7 Å². The smallest absolute Gasteiger partial charge is 0.407 e. The minimum Gasteiger partial charge on any atom is -0.488 e. The van der Waals surface area contributed by atoms with Gasteiger partial charge in [-0.15, -0.1) is 5.10 Å². The Kier molecular flexibility index (Phi) is 6.14. The highest BCUT2D eigenvalue weighted by molar-refractivity contribution is 5.70. The highest BCUT2D eigenvalue weighted by Crippen LogP contribution is 2.61. The van der Waals surface area contributed by atoms with Crippen LogP contribution in [0.1, 0.15) is 63.8 Å². The Labute approximate surface area is 204 Å². The molecule has 0 aliphatic heterocycles. The molecule has 2 heterocycles. The number of carbonyl (C=O) groups excluding carboxylic acids is 1. The summed E-state index contributed by atoms with van der Waals surface area (Å²) >= 11 is 0. The number of carboxylic acid groups (broad SMARTS) is 1. The summed E-state index contributed by atoms with van der Waals surface area (Å²) < 4.78 is 13.3. The number of pyridine rings is 1. The van der Waals surface area contributed by atoms with Crippen LogP contribution in [0.5, 0.6) is 5.75 Å². The van der Waals surface area contributed by atoms with Gasteiger partial charge in [-0.2, -0.15) is 0 Å². The molecule has 2 aromatic heterocycles. The Hall–Kier alpha value is -3.17. The predicted molar refractivity (Wildman–Crippen MR) is 126 cm³/mol. The van der Waals surface area contributed by atoms with Crippen LogP contribution >= 0.6 is 0 Å². The van der Waals surface area contributed by atoms with E-state index in [1.165, 1.54) is 0 Å². The Balaban J connectivity index is 1.27. The van der Waals surface area contributed by atoms with E-state index in [1.807, 2.05) is 19.1 Å². The van der Waals surface area contributed by atoms with Crippen molar-refractivity contribution in [3.05, 3.63) is 23.5 Å². The van der Waals surface area contributed by atoms with Crippen LogP contribution in [0.25, 0.3) is 11.4 Å². The molecule has 2 bridgehead atoms. The van der Waals surface area contributed by atoms with Gasteiger partial charge in [0.2, 0.25) is 0 Å². The fraction of sp³-hybridized carbons (Fsp3) is 0.640. The molecule has 10 nitrogen and oxygen atoms in total. The molecule has 4 aliphatic carbocycles. The third-order valence-electron chi connectivity index (χ3n) is 8.24. The number of nitrogens with zero attached hydrogens (tertiary/aromatic N) is 4. The number of carbonyl (C=O) groups is 2. The minimum atomic E-state index is -0.757. The van der Waals surface area contributed by atoms with Crippen LogP contribution in [0.15, 0.2) is 12.1 Å². The largest absolute Gasteiger partial charge is 0.488 e. The van der Waals surface area contributed by atoms with E-state index in [4.69, 9.17) is 14.5 Å². The Bertz CT molecular complexity index is 1130. The van der Waals surface area contributed by atoms with Gasteiger partial charge in [-0.3, -0.25) is 4.79 Å². The van der Waals surface area contributed by atoms with Crippen molar-refractivity contribution in [2.24, 2.45) is 24.8 Å². The van der Waals surface area contributed by atoms with Crippen LogP contribution in [-0.2, 0) is 29.6 Å². The first-order chi connectivity index (χ1) is 16.8. The number of hydrogen-bond donors (Lipinski definition) is 2. The number of carboxylic acids is 1. The van der Waals surface area contributed by atoms with E-state index in [9.17, 15) is 14.7 Å². The summed E-state index contributed by atoms with van der Waals surface area (Å²) in [5.41, 5.74) is 2.54. The standard InChI is InChI=1S/C25H33N5O5/c1-4-18-21(35-17-7-5-6-15(10-17)23(31)32)9-8-19(26-18)22-20(30(3)29-28-22)13-34-24(33)27-25-11-16(12-25)14(25)2/h8-9,14-17H,4-7,10-13H2,1-3H3,(H,27,33)(H,31,32)/t14-,15-,16?,17-,25?/m0/s1. The zero-order valence-corrected chi connectivity index (χ0v) is 20.5.